The molecule has 3 N–H and O–H groups in total. The summed E-state index contributed by atoms with van der Waals surface area (Å²) < 4.78 is 4.58. The molecular formula is C16H20N4O3S. The number of rotatable bonds is 8. The van der Waals surface area contributed by atoms with Crippen LogP contribution in [0.1, 0.15) is 29.8 Å². The average Bonchev–Trinajstić information content (AvgIpc) is 3.01. The van der Waals surface area contributed by atoms with E-state index in [-0.39, 0.29) is 11.9 Å². The van der Waals surface area contributed by atoms with Crippen LogP contribution in [0.25, 0.3) is 0 Å². The Hall–Kier alpha value is -2.48. The number of ether oxygens (including phenoxy) is 1. The van der Waals surface area contributed by atoms with Crippen molar-refractivity contribution in [2.75, 3.05) is 18.2 Å². The number of amides is 1. The first-order chi connectivity index (χ1) is 11.6. The first-order valence-electron chi connectivity index (χ1n) is 7.61. The van der Waals surface area contributed by atoms with Gasteiger partial charge in [0.25, 0.3) is 0 Å². The number of hydrogen-bond acceptors (Lipinski definition) is 7. The lowest BCUT2D eigenvalue weighted by atomic mass is 10.1. The van der Waals surface area contributed by atoms with E-state index in [9.17, 15) is 9.59 Å². The maximum Gasteiger partial charge on any atom is 0.305 e. The van der Waals surface area contributed by atoms with Gasteiger partial charge in [0.05, 0.1) is 7.11 Å². The normalized spacial score (nSPS) is 10.4. The van der Waals surface area contributed by atoms with Crippen molar-refractivity contribution in [2.45, 2.75) is 32.1 Å². The summed E-state index contributed by atoms with van der Waals surface area (Å²) >= 11 is 1.31. The highest BCUT2D eigenvalue weighted by atomic mass is 32.1. The lowest BCUT2D eigenvalue weighted by molar-refractivity contribution is -0.140. The number of aryl methyl sites for hydroxylation is 2. The molecular weight excluding hydrogens is 328 g/mol. The number of para-hydroxylation sites is 1. The SMILES string of the molecule is COC(=O)CCCc1nnc(NC(=O)CCc2ccccc2N)s1. The molecule has 2 rings (SSSR count). The fraction of sp³-hybridized carbons (Fsp3) is 0.375. The van der Waals surface area contributed by atoms with Crippen molar-refractivity contribution in [3.05, 3.63) is 34.8 Å². The molecule has 2 aromatic rings. The van der Waals surface area contributed by atoms with Gasteiger partial charge in [-0.3, -0.25) is 9.59 Å². The highest BCUT2D eigenvalue weighted by Crippen LogP contribution is 2.18. The van der Waals surface area contributed by atoms with E-state index in [0.29, 0.717) is 42.9 Å². The number of nitrogen functional groups attached to an aromatic ring is 1. The van der Waals surface area contributed by atoms with Crippen molar-refractivity contribution in [2.24, 2.45) is 0 Å². The van der Waals surface area contributed by atoms with E-state index in [1.165, 1.54) is 18.4 Å². The second-order valence-electron chi connectivity index (χ2n) is 5.18. The van der Waals surface area contributed by atoms with Crippen molar-refractivity contribution in [3.8, 4) is 0 Å². The van der Waals surface area contributed by atoms with Crippen LogP contribution in [0.15, 0.2) is 24.3 Å². The predicted molar refractivity (Wildman–Crippen MR) is 92.7 cm³/mol. The predicted octanol–water partition coefficient (Wildman–Crippen LogP) is 2.19. The van der Waals surface area contributed by atoms with Crippen LogP contribution >= 0.6 is 11.3 Å². The fourth-order valence-corrected chi connectivity index (χ4v) is 2.88. The number of nitrogens with two attached hydrogens (primary N) is 1. The van der Waals surface area contributed by atoms with Gasteiger partial charge in [0.15, 0.2) is 0 Å². The Kier molecular flexibility index (Phi) is 6.68. The van der Waals surface area contributed by atoms with Gasteiger partial charge < -0.3 is 15.8 Å². The van der Waals surface area contributed by atoms with Crippen molar-refractivity contribution < 1.29 is 14.3 Å². The van der Waals surface area contributed by atoms with Gasteiger partial charge in [0, 0.05) is 24.9 Å². The van der Waals surface area contributed by atoms with E-state index < -0.39 is 0 Å². The minimum Gasteiger partial charge on any atom is -0.469 e. The van der Waals surface area contributed by atoms with E-state index in [2.05, 4.69) is 20.3 Å². The van der Waals surface area contributed by atoms with E-state index in [1.54, 1.807) is 0 Å². The van der Waals surface area contributed by atoms with Crippen LogP contribution in [-0.4, -0.2) is 29.2 Å². The van der Waals surface area contributed by atoms with Crippen LogP contribution in [0.4, 0.5) is 10.8 Å². The van der Waals surface area contributed by atoms with Gasteiger partial charge in [-0.15, -0.1) is 10.2 Å². The zero-order chi connectivity index (χ0) is 17.4. The fourth-order valence-electron chi connectivity index (χ4n) is 2.08. The zero-order valence-corrected chi connectivity index (χ0v) is 14.3. The summed E-state index contributed by atoms with van der Waals surface area (Å²) in [7, 11) is 1.37. The highest BCUT2D eigenvalue weighted by Gasteiger charge is 2.10. The molecule has 7 nitrogen and oxygen atoms in total. The summed E-state index contributed by atoms with van der Waals surface area (Å²) in [5.41, 5.74) is 7.50. The third-order valence-electron chi connectivity index (χ3n) is 3.39. The monoisotopic (exact) mass is 348 g/mol. The number of carbonyl (C=O) groups excluding carboxylic acids is 2. The van der Waals surface area contributed by atoms with Gasteiger partial charge in [-0.05, 0) is 24.5 Å². The molecule has 1 amide bonds. The topological polar surface area (TPSA) is 107 Å². The zero-order valence-electron chi connectivity index (χ0n) is 13.4. The number of anilines is 2. The van der Waals surface area contributed by atoms with E-state index in [0.717, 1.165) is 10.6 Å². The molecule has 0 atom stereocenters. The Morgan fingerprint density at radius 3 is 2.75 bits per heavy atom. The van der Waals surface area contributed by atoms with Crippen molar-refractivity contribution in [1.82, 2.24) is 10.2 Å². The number of nitrogens with zero attached hydrogens (tertiary/aromatic N) is 2. The van der Waals surface area contributed by atoms with Crippen LogP contribution in [0.2, 0.25) is 0 Å². The molecule has 0 bridgehead atoms. The van der Waals surface area contributed by atoms with Crippen molar-refractivity contribution >= 4 is 34.0 Å². The quantitative estimate of drug-likeness (QED) is 0.559. The molecule has 0 unspecified atom stereocenters. The van der Waals surface area contributed by atoms with E-state index in [1.807, 2.05) is 24.3 Å². The van der Waals surface area contributed by atoms with Gasteiger partial charge in [-0.1, -0.05) is 29.5 Å². The van der Waals surface area contributed by atoms with Crippen molar-refractivity contribution in [1.29, 1.82) is 0 Å². The number of esters is 1. The summed E-state index contributed by atoms with van der Waals surface area (Å²) in [6, 6.07) is 7.49. The van der Waals surface area contributed by atoms with Crippen LogP contribution in [0, 0.1) is 0 Å². The molecule has 128 valence electrons. The van der Waals surface area contributed by atoms with Gasteiger partial charge in [-0.2, -0.15) is 0 Å². The number of aromatic nitrogens is 2. The maximum absolute atomic E-state index is 12.0. The number of carbonyl (C=O) groups is 2. The molecule has 0 spiro atoms. The minimum absolute atomic E-state index is 0.129. The number of methoxy groups -OCH3 is 1. The lowest BCUT2D eigenvalue weighted by Crippen LogP contribution is -2.12. The van der Waals surface area contributed by atoms with E-state index >= 15 is 0 Å². The summed E-state index contributed by atoms with van der Waals surface area (Å²) in [4.78, 5) is 23.0. The molecule has 0 aliphatic heterocycles. The molecule has 0 saturated heterocycles. The Labute approximate surface area is 144 Å². The highest BCUT2D eigenvalue weighted by molar-refractivity contribution is 7.15. The Bertz CT molecular complexity index is 702. The number of hydrogen-bond donors (Lipinski definition) is 2. The summed E-state index contributed by atoms with van der Waals surface area (Å²) in [6.07, 6.45) is 2.51. The maximum atomic E-state index is 12.0. The van der Waals surface area contributed by atoms with Gasteiger partial charge in [0.2, 0.25) is 11.0 Å². The molecule has 0 radical (unpaired) electrons. The smallest absolute Gasteiger partial charge is 0.305 e. The average molecular weight is 348 g/mol. The first-order valence-corrected chi connectivity index (χ1v) is 8.42. The Balaban J connectivity index is 1.76. The van der Waals surface area contributed by atoms with Crippen LogP contribution in [0.3, 0.4) is 0 Å². The van der Waals surface area contributed by atoms with Gasteiger partial charge in [-0.25, -0.2) is 0 Å². The molecule has 0 aliphatic carbocycles. The van der Waals surface area contributed by atoms with Gasteiger partial charge >= 0.3 is 5.97 Å². The van der Waals surface area contributed by atoms with Gasteiger partial charge in [0.1, 0.15) is 5.01 Å². The lowest BCUT2D eigenvalue weighted by Gasteiger charge is -2.04. The first kappa shape index (κ1) is 17.9. The number of nitrogens with one attached hydrogen (secondary N) is 1. The third kappa shape index (κ3) is 5.62. The van der Waals surface area contributed by atoms with E-state index in [4.69, 9.17) is 5.73 Å². The third-order valence-corrected chi connectivity index (χ3v) is 4.29. The summed E-state index contributed by atoms with van der Waals surface area (Å²) in [5.74, 6) is -0.372. The molecule has 0 aliphatic rings. The molecule has 1 aromatic carbocycles. The molecule has 8 heteroatoms. The van der Waals surface area contributed by atoms with Crippen molar-refractivity contribution in [3.63, 3.8) is 0 Å². The molecule has 0 fully saturated rings. The Morgan fingerprint density at radius 2 is 2.00 bits per heavy atom. The minimum atomic E-state index is -0.242. The molecule has 1 heterocycles. The summed E-state index contributed by atoms with van der Waals surface area (Å²) in [6.45, 7) is 0. The molecule has 24 heavy (non-hydrogen) atoms. The van der Waals surface area contributed by atoms with Crippen LogP contribution < -0.4 is 11.1 Å². The second-order valence-corrected chi connectivity index (χ2v) is 6.24. The largest absolute Gasteiger partial charge is 0.469 e. The van der Waals surface area contributed by atoms with Crippen LogP contribution in [-0.2, 0) is 27.2 Å². The Morgan fingerprint density at radius 1 is 1.21 bits per heavy atom. The standard InChI is InChI=1S/C16H20N4O3S/c1-23-15(22)8-4-7-14-19-20-16(24-14)18-13(21)10-9-11-5-2-3-6-12(11)17/h2-3,5-6H,4,7-10,17H2,1H3,(H,18,20,21). The summed E-state index contributed by atoms with van der Waals surface area (Å²) in [5, 5.41) is 11.9. The number of benzene rings is 1. The molecule has 0 saturated carbocycles. The van der Waals surface area contributed by atoms with Crippen LogP contribution in [0.5, 0.6) is 0 Å². The second kappa shape index (κ2) is 8.97. The molecule has 1 aromatic heterocycles.